The average Bonchev–Trinajstić information content (AvgIpc) is 3.78. The van der Waals surface area contributed by atoms with E-state index in [1.807, 2.05) is 30.1 Å². The van der Waals surface area contributed by atoms with Gasteiger partial charge in [0.25, 0.3) is 5.91 Å². The normalized spacial score (nSPS) is 17.9. The second kappa shape index (κ2) is 18.2. The van der Waals surface area contributed by atoms with Crippen molar-refractivity contribution in [3.63, 3.8) is 0 Å². The van der Waals surface area contributed by atoms with Crippen molar-refractivity contribution >= 4 is 85.6 Å². The smallest absolute Gasteiger partial charge is 0.277 e. The minimum absolute atomic E-state index is 0.0513. The molecule has 1 unspecified atom stereocenters. The van der Waals surface area contributed by atoms with Crippen LogP contribution in [0.25, 0.3) is 26.6 Å². The molecule has 5 aromatic rings. The number of carbonyl (C=O) groups excluding carboxylic acids is 3. The largest absolute Gasteiger partial charge is 0.382 e. The number of aromatic amines is 1. The summed E-state index contributed by atoms with van der Waals surface area (Å²) < 4.78 is 2.59. The van der Waals surface area contributed by atoms with Gasteiger partial charge in [0.1, 0.15) is 12.1 Å². The summed E-state index contributed by atoms with van der Waals surface area (Å²) in [4.78, 5) is 45.3. The Labute approximate surface area is 368 Å². The Morgan fingerprint density at radius 1 is 0.967 bits per heavy atom. The summed E-state index contributed by atoms with van der Waals surface area (Å²) >= 11 is 3.70. The quantitative estimate of drug-likeness (QED) is 0.0544. The molecule has 0 bridgehead atoms. The van der Waals surface area contributed by atoms with Crippen LogP contribution in [0.4, 0.5) is 17.2 Å². The number of rotatable bonds is 15. The number of thioether (sulfide) groups is 1. The first kappa shape index (κ1) is 42.7. The second-order valence-electron chi connectivity index (χ2n) is 17.7. The van der Waals surface area contributed by atoms with E-state index in [2.05, 4.69) is 127 Å². The van der Waals surface area contributed by atoms with Gasteiger partial charge in [-0.1, -0.05) is 78.3 Å². The molecular weight excluding hydrogens is 797 g/mol. The maximum absolute atomic E-state index is 13.4. The molecule has 4 aromatic carbocycles. The molecule has 3 aliphatic heterocycles. The van der Waals surface area contributed by atoms with E-state index in [1.54, 1.807) is 11.8 Å². The lowest BCUT2D eigenvalue weighted by molar-refractivity contribution is -0.121. The van der Waals surface area contributed by atoms with Crippen LogP contribution in [0.5, 0.6) is 0 Å². The number of nitrogens with zero attached hydrogens (tertiary/aromatic N) is 3. The molecule has 11 heteroatoms. The number of anilines is 3. The highest BCUT2D eigenvalue weighted by atomic mass is 32.2. The van der Waals surface area contributed by atoms with Crippen molar-refractivity contribution in [2.45, 2.75) is 103 Å². The molecule has 3 N–H and O–H groups in total. The summed E-state index contributed by atoms with van der Waals surface area (Å²) in [6.07, 6.45) is 5.95. The van der Waals surface area contributed by atoms with Crippen LogP contribution in [0.2, 0.25) is 0 Å². The van der Waals surface area contributed by atoms with E-state index in [0.717, 1.165) is 78.9 Å². The molecule has 9 nitrogen and oxygen atoms in total. The van der Waals surface area contributed by atoms with Crippen molar-refractivity contribution in [1.29, 1.82) is 0 Å². The third-order valence-electron chi connectivity index (χ3n) is 12.4. The van der Waals surface area contributed by atoms with Gasteiger partial charge in [0.15, 0.2) is 0 Å². The summed E-state index contributed by atoms with van der Waals surface area (Å²) in [5.41, 5.74) is 11.6. The number of aromatic nitrogens is 1. The van der Waals surface area contributed by atoms with Gasteiger partial charge < -0.3 is 20.0 Å². The molecule has 4 heterocycles. The van der Waals surface area contributed by atoms with Gasteiger partial charge in [-0.15, -0.1) is 0 Å². The van der Waals surface area contributed by atoms with Crippen molar-refractivity contribution in [2.75, 3.05) is 34.9 Å². The molecule has 3 aliphatic rings. The lowest BCUT2D eigenvalue weighted by atomic mass is 9.85. The average molecular weight is 855 g/mol. The number of fused-ring (bicyclic) bond motifs is 1. The summed E-state index contributed by atoms with van der Waals surface area (Å²) in [5, 5.41) is 8.46. The van der Waals surface area contributed by atoms with E-state index in [-0.39, 0.29) is 23.8 Å². The number of nitrogens with one attached hydrogen (secondary N) is 3. The Hall–Kier alpha value is -4.97. The van der Waals surface area contributed by atoms with Gasteiger partial charge in [0, 0.05) is 76.7 Å². The molecule has 0 saturated carbocycles. The van der Waals surface area contributed by atoms with Crippen LogP contribution in [0.3, 0.4) is 0 Å². The summed E-state index contributed by atoms with van der Waals surface area (Å²) in [5.74, 6) is 1.96. The number of benzene rings is 4. The Bertz CT molecular complexity index is 2510. The summed E-state index contributed by atoms with van der Waals surface area (Å²) in [6.45, 7) is 18.2. The molecule has 0 spiro atoms. The summed E-state index contributed by atoms with van der Waals surface area (Å²) in [7, 11) is 0. The van der Waals surface area contributed by atoms with Gasteiger partial charge in [0.05, 0.1) is 11.3 Å². The van der Waals surface area contributed by atoms with E-state index in [4.69, 9.17) is 0 Å². The highest BCUT2D eigenvalue weighted by Gasteiger charge is 2.36. The van der Waals surface area contributed by atoms with Crippen LogP contribution in [0, 0.1) is 0 Å². The number of H-pyrrole nitrogens is 1. The van der Waals surface area contributed by atoms with Crippen molar-refractivity contribution < 1.29 is 14.4 Å². The maximum atomic E-state index is 13.4. The van der Waals surface area contributed by atoms with Crippen molar-refractivity contribution in [1.82, 2.24) is 14.7 Å². The van der Waals surface area contributed by atoms with E-state index in [1.165, 1.54) is 48.8 Å². The van der Waals surface area contributed by atoms with E-state index < -0.39 is 0 Å². The molecular formula is C50H58N6O3S2. The van der Waals surface area contributed by atoms with Gasteiger partial charge in [-0.3, -0.25) is 15.0 Å². The molecule has 0 aliphatic carbocycles. The number of amides is 2. The minimum atomic E-state index is -0.269. The Balaban J connectivity index is 0.864. The first-order valence-electron chi connectivity index (χ1n) is 21.7. The van der Waals surface area contributed by atoms with Gasteiger partial charge in [-0.05, 0) is 136 Å². The first-order chi connectivity index (χ1) is 29.4. The molecule has 8 rings (SSSR count). The second-order valence-corrected chi connectivity index (χ2v) is 20.0. The standard InChI is InChI=1S/C50H58N6O3S2/c1-32(2)48(61-33(3)4)37-11-9-12-38(28-37)51-39-22-25-55(50(5,6)30-39)60-31-34-16-17-36-29-45(52-43(36)27-34)54-23-20-35(21-24-54)40-18-19-44-47-41(40)13-10-14-42(47)49(59)56(44)53-46(58)15-7-8-26-57/h9-14,16-19,26-29,35,39,51-52H,3,7-8,15,20-25,30-31H2,1-2,4-6H3,(H,53,58). The van der Waals surface area contributed by atoms with Crippen LogP contribution >= 0.6 is 23.7 Å². The van der Waals surface area contributed by atoms with Gasteiger partial charge in [-0.25, -0.2) is 9.31 Å². The van der Waals surface area contributed by atoms with E-state index in [9.17, 15) is 14.4 Å². The SMILES string of the molecule is C=C(C)SC(=C(C)C)c1cccc(NC2CCN(SCc3ccc4cc(N5CCC(c6ccc7c8c(cccc68)C(=O)N7NC(=O)CCCC=O)CC5)[nH]c4c3)C(C)(C)C2)c1. The lowest BCUT2D eigenvalue weighted by Gasteiger charge is -2.45. The molecule has 2 amide bonds. The molecule has 2 saturated heterocycles. The van der Waals surface area contributed by atoms with Crippen molar-refractivity contribution in [2.24, 2.45) is 0 Å². The zero-order valence-corrected chi connectivity index (χ0v) is 37.7. The molecule has 0 radical (unpaired) electrons. The van der Waals surface area contributed by atoms with E-state index in [0.29, 0.717) is 36.1 Å². The number of hydrogen-bond donors (Lipinski definition) is 3. The molecule has 1 aromatic heterocycles. The first-order valence-corrected chi connectivity index (χ1v) is 23.4. The lowest BCUT2D eigenvalue weighted by Crippen LogP contribution is -2.49. The summed E-state index contributed by atoms with van der Waals surface area (Å²) in [6, 6.07) is 28.4. The van der Waals surface area contributed by atoms with Crippen molar-refractivity contribution in [3.05, 3.63) is 118 Å². The van der Waals surface area contributed by atoms with Crippen LogP contribution in [0.1, 0.15) is 113 Å². The van der Waals surface area contributed by atoms with E-state index >= 15 is 0 Å². The minimum Gasteiger partial charge on any atom is -0.382 e. The predicted octanol–water partition coefficient (Wildman–Crippen LogP) is 11.6. The predicted molar refractivity (Wildman–Crippen MR) is 257 cm³/mol. The Morgan fingerprint density at radius 3 is 2.52 bits per heavy atom. The van der Waals surface area contributed by atoms with Crippen LogP contribution in [0.15, 0.2) is 95.9 Å². The topological polar surface area (TPSA) is 101 Å². The number of hydrazine groups is 1. The highest BCUT2D eigenvalue weighted by molar-refractivity contribution is 8.11. The van der Waals surface area contributed by atoms with Crippen LogP contribution < -0.4 is 20.7 Å². The maximum Gasteiger partial charge on any atom is 0.277 e. The zero-order valence-electron chi connectivity index (χ0n) is 36.1. The fourth-order valence-corrected chi connectivity index (χ4v) is 11.3. The number of aldehydes is 1. The molecule has 318 valence electrons. The fourth-order valence-electron chi connectivity index (χ4n) is 9.36. The van der Waals surface area contributed by atoms with Crippen LogP contribution in [-0.2, 0) is 15.3 Å². The number of allylic oxidation sites excluding steroid dienone is 2. The van der Waals surface area contributed by atoms with Gasteiger partial charge in [-0.2, -0.15) is 0 Å². The molecule has 1 atom stereocenters. The molecule has 61 heavy (non-hydrogen) atoms. The third kappa shape index (κ3) is 9.30. The Morgan fingerprint density at radius 2 is 1.77 bits per heavy atom. The Kier molecular flexibility index (Phi) is 12.7. The van der Waals surface area contributed by atoms with Gasteiger partial charge >= 0.3 is 0 Å². The molecule has 2 fully saturated rings. The van der Waals surface area contributed by atoms with Gasteiger partial charge in [0.2, 0.25) is 5.91 Å². The third-order valence-corrected chi connectivity index (χ3v) is 15.0. The number of carbonyl (C=O) groups is 3. The number of unbranched alkanes of at least 4 members (excludes halogenated alkanes) is 1. The monoisotopic (exact) mass is 854 g/mol. The van der Waals surface area contributed by atoms with Crippen LogP contribution in [-0.4, -0.2) is 58.6 Å². The fraction of sp³-hybridized carbons (Fsp3) is 0.380. The van der Waals surface area contributed by atoms with Crippen molar-refractivity contribution in [3.8, 4) is 0 Å². The number of hydrogen-bond acceptors (Lipinski definition) is 8. The number of piperidine rings is 2. The zero-order chi connectivity index (χ0) is 42.8. The highest BCUT2D eigenvalue weighted by Crippen LogP contribution is 2.43.